The smallest absolute Gasteiger partial charge is 0.282 e. The second-order valence-electron chi connectivity index (χ2n) is 5.66. The van der Waals surface area contributed by atoms with Crippen LogP contribution >= 0.6 is 11.6 Å². The van der Waals surface area contributed by atoms with Crippen LogP contribution in [-0.4, -0.2) is 31.5 Å². The number of rotatable bonds is 4. The fraction of sp³-hybridized carbons (Fsp3) is 0.188. The van der Waals surface area contributed by atoms with Crippen molar-refractivity contribution in [3.05, 3.63) is 63.2 Å². The summed E-state index contributed by atoms with van der Waals surface area (Å²) in [5.41, 5.74) is 0.205. The molecule has 0 radical (unpaired) electrons. The zero-order valence-electron chi connectivity index (χ0n) is 13.4. The van der Waals surface area contributed by atoms with Gasteiger partial charge in [0.25, 0.3) is 11.6 Å². The number of halogens is 1. The Morgan fingerprint density at radius 2 is 2.00 bits per heavy atom. The number of nitrogens with one attached hydrogen (secondary N) is 1. The van der Waals surface area contributed by atoms with Crippen molar-refractivity contribution in [3.8, 4) is 0 Å². The van der Waals surface area contributed by atoms with E-state index >= 15 is 0 Å². The lowest BCUT2D eigenvalue weighted by molar-refractivity contribution is -0.385. The summed E-state index contributed by atoms with van der Waals surface area (Å²) in [6, 6.07) is 10.0. The van der Waals surface area contributed by atoms with Gasteiger partial charge >= 0.3 is 0 Å². The Labute approximate surface area is 154 Å². The predicted molar refractivity (Wildman–Crippen MR) is 98.3 cm³/mol. The lowest BCUT2D eigenvalue weighted by Gasteiger charge is -2.17. The molecule has 26 heavy (non-hydrogen) atoms. The van der Waals surface area contributed by atoms with Gasteiger partial charge < -0.3 is 5.32 Å². The van der Waals surface area contributed by atoms with E-state index in [-0.39, 0.29) is 22.0 Å². The number of carbonyl (C=O) groups is 1. The van der Waals surface area contributed by atoms with Gasteiger partial charge in [-0.05, 0) is 36.8 Å². The maximum Gasteiger partial charge on any atom is 0.282 e. The molecule has 0 spiro atoms. The molecule has 10 heteroatoms. The Morgan fingerprint density at radius 3 is 2.65 bits per heavy atom. The molecule has 1 aliphatic rings. The molecule has 1 amide bonds. The highest BCUT2D eigenvalue weighted by molar-refractivity contribution is 7.93. The molecule has 0 unspecified atom stereocenters. The summed E-state index contributed by atoms with van der Waals surface area (Å²) < 4.78 is 25.3. The average Bonchev–Trinajstić information content (AvgIpc) is 2.94. The van der Waals surface area contributed by atoms with Crippen LogP contribution in [0.5, 0.6) is 0 Å². The van der Waals surface area contributed by atoms with E-state index < -0.39 is 20.9 Å². The monoisotopic (exact) mass is 395 g/mol. The first-order valence-electron chi connectivity index (χ1n) is 7.64. The molecule has 1 saturated heterocycles. The minimum atomic E-state index is -3.35. The molecule has 0 aliphatic carbocycles. The third kappa shape index (κ3) is 3.63. The van der Waals surface area contributed by atoms with Gasteiger partial charge in [-0.1, -0.05) is 17.7 Å². The van der Waals surface area contributed by atoms with Crippen molar-refractivity contribution in [1.82, 2.24) is 0 Å². The minimum Gasteiger partial charge on any atom is -0.322 e. The highest BCUT2D eigenvalue weighted by Crippen LogP contribution is 2.28. The van der Waals surface area contributed by atoms with Crippen molar-refractivity contribution in [2.45, 2.75) is 6.42 Å². The second kappa shape index (κ2) is 6.93. The van der Waals surface area contributed by atoms with Gasteiger partial charge in [0, 0.05) is 23.3 Å². The Hall–Kier alpha value is -2.65. The SMILES string of the molecule is O=C(Nc1cccc(N2CCCS2(=O)=O)c1)c1cc(Cl)ccc1[N+](=O)[O-]. The number of hydrogen-bond donors (Lipinski definition) is 1. The molecule has 136 valence electrons. The van der Waals surface area contributed by atoms with Crippen molar-refractivity contribution in [2.75, 3.05) is 21.9 Å². The molecule has 1 heterocycles. The van der Waals surface area contributed by atoms with Crippen LogP contribution in [0.1, 0.15) is 16.8 Å². The van der Waals surface area contributed by atoms with E-state index in [0.717, 1.165) is 6.07 Å². The molecule has 0 saturated carbocycles. The van der Waals surface area contributed by atoms with Crippen LogP contribution in [0.2, 0.25) is 5.02 Å². The molecule has 2 aromatic rings. The first-order chi connectivity index (χ1) is 12.3. The first kappa shape index (κ1) is 18.2. The number of nitrogens with zero attached hydrogens (tertiary/aromatic N) is 2. The van der Waals surface area contributed by atoms with Crippen LogP contribution < -0.4 is 9.62 Å². The van der Waals surface area contributed by atoms with Crippen molar-refractivity contribution in [1.29, 1.82) is 0 Å². The summed E-state index contributed by atoms with van der Waals surface area (Å²) in [7, 11) is -3.35. The van der Waals surface area contributed by atoms with Crippen LogP contribution in [0, 0.1) is 10.1 Å². The van der Waals surface area contributed by atoms with Gasteiger partial charge in [0.1, 0.15) is 5.56 Å². The van der Waals surface area contributed by atoms with Crippen LogP contribution in [0.4, 0.5) is 17.1 Å². The number of nitro benzene ring substituents is 1. The zero-order valence-corrected chi connectivity index (χ0v) is 15.0. The quantitative estimate of drug-likeness (QED) is 0.632. The fourth-order valence-electron chi connectivity index (χ4n) is 2.72. The summed E-state index contributed by atoms with van der Waals surface area (Å²) in [5, 5.41) is 13.8. The lowest BCUT2D eigenvalue weighted by atomic mass is 10.1. The van der Waals surface area contributed by atoms with E-state index in [4.69, 9.17) is 11.6 Å². The summed E-state index contributed by atoms with van der Waals surface area (Å²) in [6.45, 7) is 0.375. The standard InChI is InChI=1S/C16H14ClN3O5S/c17-11-5-6-15(20(22)23)14(9-11)16(21)18-12-3-1-4-13(10-12)19-7-2-8-26(19,24)25/h1,3-6,9-10H,2,7-8H2,(H,18,21). The zero-order chi connectivity index (χ0) is 18.9. The van der Waals surface area contributed by atoms with Crippen molar-refractivity contribution in [2.24, 2.45) is 0 Å². The van der Waals surface area contributed by atoms with E-state index in [9.17, 15) is 23.3 Å². The Balaban J connectivity index is 1.89. The van der Waals surface area contributed by atoms with Crippen LogP contribution in [-0.2, 0) is 10.0 Å². The first-order valence-corrected chi connectivity index (χ1v) is 9.62. The van der Waals surface area contributed by atoms with Crippen LogP contribution in [0.3, 0.4) is 0 Å². The van der Waals surface area contributed by atoms with Gasteiger partial charge in [-0.3, -0.25) is 19.2 Å². The van der Waals surface area contributed by atoms with Gasteiger partial charge in [0.05, 0.1) is 16.4 Å². The topological polar surface area (TPSA) is 110 Å². The number of nitro groups is 1. The normalized spacial score (nSPS) is 15.7. The third-order valence-corrected chi connectivity index (χ3v) is 6.00. The maximum absolute atomic E-state index is 12.4. The van der Waals surface area contributed by atoms with E-state index in [1.165, 1.54) is 22.5 Å². The number of amides is 1. The molecule has 1 aliphatic heterocycles. The van der Waals surface area contributed by atoms with E-state index in [0.29, 0.717) is 24.3 Å². The number of carbonyl (C=O) groups excluding carboxylic acids is 1. The van der Waals surface area contributed by atoms with Crippen molar-refractivity contribution < 1.29 is 18.1 Å². The lowest BCUT2D eigenvalue weighted by Crippen LogP contribution is -2.25. The van der Waals surface area contributed by atoms with Gasteiger partial charge in [-0.25, -0.2) is 8.42 Å². The molecular formula is C16H14ClN3O5S. The predicted octanol–water partition coefficient (Wildman–Crippen LogP) is 3.04. The Morgan fingerprint density at radius 1 is 1.23 bits per heavy atom. The fourth-order valence-corrected chi connectivity index (χ4v) is 4.44. The van der Waals surface area contributed by atoms with Crippen LogP contribution in [0.25, 0.3) is 0 Å². The molecule has 1 N–H and O–H groups in total. The molecule has 8 nitrogen and oxygen atoms in total. The summed E-state index contributed by atoms with van der Waals surface area (Å²) >= 11 is 5.84. The molecule has 1 fully saturated rings. The minimum absolute atomic E-state index is 0.0816. The van der Waals surface area contributed by atoms with Gasteiger partial charge in [-0.2, -0.15) is 0 Å². The highest BCUT2D eigenvalue weighted by atomic mass is 35.5. The largest absolute Gasteiger partial charge is 0.322 e. The average molecular weight is 396 g/mol. The maximum atomic E-state index is 12.4. The molecule has 0 aromatic heterocycles. The van der Waals surface area contributed by atoms with Crippen molar-refractivity contribution >= 4 is 44.6 Å². The van der Waals surface area contributed by atoms with Gasteiger partial charge in [0.15, 0.2) is 0 Å². The third-order valence-electron chi connectivity index (χ3n) is 3.89. The van der Waals surface area contributed by atoms with Crippen LogP contribution in [0.15, 0.2) is 42.5 Å². The van der Waals surface area contributed by atoms with E-state index in [2.05, 4.69) is 5.32 Å². The summed E-state index contributed by atoms with van der Waals surface area (Å²) in [4.78, 5) is 22.9. The van der Waals surface area contributed by atoms with Gasteiger partial charge in [0.2, 0.25) is 10.0 Å². The highest BCUT2D eigenvalue weighted by Gasteiger charge is 2.28. The molecule has 2 aromatic carbocycles. The molecule has 0 bridgehead atoms. The Kier molecular flexibility index (Phi) is 4.84. The molecule has 0 atom stereocenters. The van der Waals surface area contributed by atoms with E-state index in [1.54, 1.807) is 18.2 Å². The molecular weight excluding hydrogens is 382 g/mol. The second-order valence-corrected chi connectivity index (χ2v) is 8.11. The summed E-state index contributed by atoms with van der Waals surface area (Å²) in [6.07, 6.45) is 0.535. The number of benzene rings is 2. The number of anilines is 2. The number of hydrogen-bond acceptors (Lipinski definition) is 5. The molecule has 3 rings (SSSR count). The Bertz CT molecular complexity index is 993. The van der Waals surface area contributed by atoms with E-state index in [1.807, 2.05) is 0 Å². The van der Waals surface area contributed by atoms with Gasteiger partial charge in [-0.15, -0.1) is 0 Å². The number of sulfonamides is 1. The summed E-state index contributed by atoms with van der Waals surface area (Å²) in [5.74, 6) is -0.626. The van der Waals surface area contributed by atoms with Crippen molar-refractivity contribution in [3.63, 3.8) is 0 Å².